The predicted molar refractivity (Wildman–Crippen MR) is 125 cm³/mol. The van der Waals surface area contributed by atoms with Gasteiger partial charge in [0.25, 0.3) is 11.8 Å². The molecule has 0 radical (unpaired) electrons. The van der Waals surface area contributed by atoms with Gasteiger partial charge in [0.15, 0.2) is 0 Å². The van der Waals surface area contributed by atoms with Gasteiger partial charge in [-0.25, -0.2) is 4.39 Å². The summed E-state index contributed by atoms with van der Waals surface area (Å²) in [6.45, 7) is 0.486. The zero-order valence-corrected chi connectivity index (χ0v) is 18.5. The molecule has 1 unspecified atom stereocenters. The first-order chi connectivity index (χ1) is 16.0. The number of hydrogen-bond donors (Lipinski definition) is 0. The molecule has 164 valence electrons. The van der Waals surface area contributed by atoms with E-state index in [2.05, 4.69) is 0 Å². The Labute approximate surface area is 194 Å². The summed E-state index contributed by atoms with van der Waals surface area (Å²) in [5.41, 5.74) is 4.13. The highest BCUT2D eigenvalue weighted by Gasteiger charge is 2.43. The molecule has 5 nitrogen and oxygen atoms in total. The standard InChI is InChI=1S/C26H19ClFN3O2/c1-29-21-5-3-2-4-19(21)26(33)30-13-12-18-20-14-17(28)10-11-22(20)31(23(18)24(29)30)25(32)15-6-8-16(27)9-7-15/h2-11,14,24H,12-13H2,1H3. The van der Waals surface area contributed by atoms with Crippen molar-refractivity contribution in [2.45, 2.75) is 12.6 Å². The van der Waals surface area contributed by atoms with Crippen LogP contribution in [0.25, 0.3) is 10.9 Å². The highest BCUT2D eigenvalue weighted by atomic mass is 35.5. The van der Waals surface area contributed by atoms with Crippen LogP contribution in [0.4, 0.5) is 10.1 Å². The zero-order chi connectivity index (χ0) is 22.9. The molecule has 0 aliphatic carbocycles. The fourth-order valence-corrected chi connectivity index (χ4v) is 5.30. The molecule has 0 saturated heterocycles. The van der Waals surface area contributed by atoms with Gasteiger partial charge in [0, 0.05) is 29.6 Å². The number of anilines is 1. The molecule has 1 atom stereocenters. The fourth-order valence-electron chi connectivity index (χ4n) is 5.18. The maximum absolute atomic E-state index is 14.3. The molecule has 0 fully saturated rings. The van der Waals surface area contributed by atoms with Crippen LogP contribution in [-0.4, -0.2) is 34.9 Å². The molecule has 3 aromatic carbocycles. The van der Waals surface area contributed by atoms with Gasteiger partial charge in [-0.05, 0) is 66.6 Å². The lowest BCUT2D eigenvalue weighted by Crippen LogP contribution is -2.51. The highest BCUT2D eigenvalue weighted by molar-refractivity contribution is 6.30. The Hall–Kier alpha value is -3.64. The number of nitrogens with zero attached hydrogens (tertiary/aromatic N) is 3. The minimum absolute atomic E-state index is 0.0683. The van der Waals surface area contributed by atoms with Crippen molar-refractivity contribution in [1.82, 2.24) is 9.47 Å². The Bertz CT molecular complexity index is 1460. The van der Waals surface area contributed by atoms with Crippen LogP contribution in [-0.2, 0) is 6.42 Å². The molecule has 2 aliphatic rings. The van der Waals surface area contributed by atoms with Crippen molar-refractivity contribution in [3.05, 3.63) is 100.0 Å². The van der Waals surface area contributed by atoms with Crippen LogP contribution < -0.4 is 4.90 Å². The molecule has 0 saturated carbocycles. The molecule has 1 amide bonds. The number of rotatable bonds is 1. The second-order valence-electron chi connectivity index (χ2n) is 8.42. The largest absolute Gasteiger partial charge is 0.349 e. The molecule has 1 aromatic heterocycles. The summed E-state index contributed by atoms with van der Waals surface area (Å²) in [6, 6.07) is 18.7. The van der Waals surface area contributed by atoms with Crippen LogP contribution in [0.3, 0.4) is 0 Å². The molecule has 3 heterocycles. The second kappa shape index (κ2) is 7.18. The van der Waals surface area contributed by atoms with Crippen molar-refractivity contribution in [2.75, 3.05) is 18.5 Å². The van der Waals surface area contributed by atoms with Crippen LogP contribution in [0.5, 0.6) is 0 Å². The van der Waals surface area contributed by atoms with E-state index in [4.69, 9.17) is 11.6 Å². The summed E-state index contributed by atoms with van der Waals surface area (Å²) in [6.07, 6.45) is 0.0527. The van der Waals surface area contributed by atoms with Gasteiger partial charge in [-0.1, -0.05) is 23.7 Å². The number of halogens is 2. The number of benzene rings is 3. The molecule has 6 rings (SSSR count). The quantitative estimate of drug-likeness (QED) is 0.389. The van der Waals surface area contributed by atoms with E-state index in [9.17, 15) is 14.0 Å². The Morgan fingerprint density at radius 2 is 1.82 bits per heavy atom. The monoisotopic (exact) mass is 459 g/mol. The first-order valence-electron chi connectivity index (χ1n) is 10.7. The fraction of sp³-hybridized carbons (Fsp3) is 0.154. The van der Waals surface area contributed by atoms with Crippen LogP contribution in [0.15, 0.2) is 66.7 Å². The van der Waals surface area contributed by atoms with Crippen molar-refractivity contribution in [1.29, 1.82) is 0 Å². The third-order valence-electron chi connectivity index (χ3n) is 6.65. The van der Waals surface area contributed by atoms with Gasteiger partial charge in [0.2, 0.25) is 0 Å². The molecule has 7 heteroatoms. The third-order valence-corrected chi connectivity index (χ3v) is 6.91. The number of carbonyl (C=O) groups excluding carboxylic acids is 2. The van der Waals surface area contributed by atoms with Gasteiger partial charge >= 0.3 is 0 Å². The molecular weight excluding hydrogens is 441 g/mol. The lowest BCUT2D eigenvalue weighted by Gasteiger charge is -2.46. The molecule has 33 heavy (non-hydrogen) atoms. The van der Waals surface area contributed by atoms with Crippen molar-refractivity contribution in [3.8, 4) is 0 Å². The second-order valence-corrected chi connectivity index (χ2v) is 8.86. The lowest BCUT2D eigenvalue weighted by atomic mass is 9.96. The average molecular weight is 460 g/mol. The average Bonchev–Trinajstić information content (AvgIpc) is 3.15. The summed E-state index contributed by atoms with van der Waals surface area (Å²) < 4.78 is 15.9. The SMILES string of the molecule is CN1c2ccccc2C(=O)N2CCc3c(n(C(=O)c4ccc(Cl)cc4)c4ccc(F)cc34)C21. The molecule has 4 aromatic rings. The van der Waals surface area contributed by atoms with Crippen LogP contribution in [0.2, 0.25) is 5.02 Å². The number of aromatic nitrogens is 1. The highest BCUT2D eigenvalue weighted by Crippen LogP contribution is 2.44. The van der Waals surface area contributed by atoms with Crippen molar-refractivity contribution >= 4 is 40.0 Å². The van der Waals surface area contributed by atoms with Gasteiger partial charge in [-0.3, -0.25) is 14.2 Å². The number of fused-ring (bicyclic) bond motifs is 6. The Morgan fingerprint density at radius 3 is 2.61 bits per heavy atom. The summed E-state index contributed by atoms with van der Waals surface area (Å²) in [5.74, 6) is -0.672. The third kappa shape index (κ3) is 2.84. The minimum Gasteiger partial charge on any atom is -0.349 e. The minimum atomic E-state index is -0.483. The topological polar surface area (TPSA) is 45.6 Å². The first-order valence-corrected chi connectivity index (χ1v) is 11.1. The maximum atomic E-state index is 14.3. The van der Waals surface area contributed by atoms with E-state index in [1.54, 1.807) is 39.8 Å². The summed E-state index contributed by atoms with van der Waals surface area (Å²) in [7, 11) is 1.92. The maximum Gasteiger partial charge on any atom is 0.262 e. The molecule has 0 spiro atoms. The van der Waals surface area contributed by atoms with Gasteiger partial charge < -0.3 is 9.80 Å². The number of carbonyl (C=O) groups is 2. The first kappa shape index (κ1) is 20.0. The van der Waals surface area contributed by atoms with E-state index in [1.807, 2.05) is 36.2 Å². The molecular formula is C26H19ClFN3O2. The van der Waals surface area contributed by atoms with Crippen LogP contribution >= 0.6 is 11.6 Å². The smallest absolute Gasteiger partial charge is 0.262 e. The summed E-state index contributed by atoms with van der Waals surface area (Å²) in [4.78, 5) is 31.0. The van der Waals surface area contributed by atoms with E-state index in [0.717, 1.165) is 11.3 Å². The van der Waals surface area contributed by atoms with Crippen molar-refractivity contribution < 1.29 is 14.0 Å². The van der Waals surface area contributed by atoms with E-state index in [1.165, 1.54) is 12.1 Å². The lowest BCUT2D eigenvalue weighted by molar-refractivity contribution is 0.0624. The van der Waals surface area contributed by atoms with Gasteiger partial charge in [0.05, 0.1) is 22.5 Å². The summed E-state index contributed by atoms with van der Waals surface area (Å²) >= 11 is 6.03. The normalized spacial score (nSPS) is 17.1. The van der Waals surface area contributed by atoms with Crippen molar-refractivity contribution in [3.63, 3.8) is 0 Å². The molecule has 0 bridgehead atoms. The Morgan fingerprint density at radius 1 is 1.06 bits per heavy atom. The van der Waals surface area contributed by atoms with Crippen LogP contribution in [0.1, 0.15) is 38.1 Å². The van der Waals surface area contributed by atoms with Gasteiger partial charge in [-0.2, -0.15) is 0 Å². The number of para-hydroxylation sites is 1. The van der Waals surface area contributed by atoms with Gasteiger partial charge in [-0.15, -0.1) is 0 Å². The Kier molecular flexibility index (Phi) is 4.35. The Balaban J connectivity index is 1.63. The van der Waals surface area contributed by atoms with E-state index < -0.39 is 6.17 Å². The number of amides is 1. The predicted octanol–water partition coefficient (Wildman–Crippen LogP) is 5.27. The van der Waals surface area contributed by atoms with Crippen molar-refractivity contribution in [2.24, 2.45) is 0 Å². The van der Waals surface area contributed by atoms with E-state index in [0.29, 0.717) is 45.7 Å². The van der Waals surface area contributed by atoms with Gasteiger partial charge in [0.1, 0.15) is 12.0 Å². The molecule has 0 N–H and O–H groups in total. The number of hydrogen-bond acceptors (Lipinski definition) is 3. The molecule has 2 aliphatic heterocycles. The zero-order valence-electron chi connectivity index (χ0n) is 17.8. The summed E-state index contributed by atoms with van der Waals surface area (Å²) in [5, 5.41) is 1.24. The van der Waals surface area contributed by atoms with E-state index in [-0.39, 0.29) is 17.6 Å². The van der Waals surface area contributed by atoms with E-state index >= 15 is 0 Å². The van der Waals surface area contributed by atoms with Crippen LogP contribution in [0, 0.1) is 5.82 Å².